The molecule has 0 radical (unpaired) electrons. The molecular weight excluding hydrogens is 246 g/mol. The second-order valence-corrected chi connectivity index (χ2v) is 4.68. The van der Waals surface area contributed by atoms with Gasteiger partial charge < -0.3 is 19.7 Å². The molecule has 0 spiro atoms. The van der Waals surface area contributed by atoms with Crippen LogP contribution in [0.1, 0.15) is 12.8 Å². The van der Waals surface area contributed by atoms with Gasteiger partial charge in [0.1, 0.15) is 0 Å². The minimum atomic E-state index is 0.277. The summed E-state index contributed by atoms with van der Waals surface area (Å²) in [5.41, 5.74) is 0. The van der Waals surface area contributed by atoms with Gasteiger partial charge in [0.25, 0.3) is 0 Å². The molecule has 2 rings (SSSR count). The number of nitrogens with one attached hydrogen (secondary N) is 1. The number of rotatable bonds is 5. The highest BCUT2D eigenvalue weighted by Crippen LogP contribution is 2.18. The van der Waals surface area contributed by atoms with Gasteiger partial charge in [0.15, 0.2) is 0 Å². The zero-order valence-electron chi connectivity index (χ0n) is 11.7. The predicted molar refractivity (Wildman–Crippen MR) is 71.8 cm³/mol. The van der Waals surface area contributed by atoms with E-state index in [4.69, 9.17) is 9.47 Å². The maximum Gasteiger partial charge on any atom is 0.324 e. The van der Waals surface area contributed by atoms with Crippen molar-refractivity contribution >= 4 is 5.95 Å². The largest absolute Gasteiger partial charge is 0.467 e. The van der Waals surface area contributed by atoms with Gasteiger partial charge in [-0.3, -0.25) is 0 Å². The van der Waals surface area contributed by atoms with Crippen LogP contribution in [0.25, 0.3) is 0 Å². The summed E-state index contributed by atoms with van der Waals surface area (Å²) < 4.78 is 10.1. The van der Waals surface area contributed by atoms with E-state index in [-0.39, 0.29) is 12.0 Å². The Morgan fingerprint density at radius 2 is 1.68 bits per heavy atom. The van der Waals surface area contributed by atoms with Gasteiger partial charge in [0.2, 0.25) is 5.95 Å². The van der Waals surface area contributed by atoms with Crippen LogP contribution in [0, 0.1) is 5.92 Å². The number of hydrogen-bond donors (Lipinski definition) is 1. The van der Waals surface area contributed by atoms with Gasteiger partial charge in [-0.2, -0.15) is 9.97 Å². The molecule has 1 aliphatic heterocycles. The maximum absolute atomic E-state index is 5.06. The standard InChI is InChI=1S/C12H21N5O2/c1-17(8-9-4-6-13-7-5-9)10-14-11(18-2)16-12(15-10)19-3/h9,13H,4-8H2,1-3H3. The Morgan fingerprint density at radius 1 is 1.11 bits per heavy atom. The van der Waals surface area contributed by atoms with E-state index in [0.29, 0.717) is 11.9 Å². The third kappa shape index (κ3) is 3.66. The molecule has 1 fully saturated rings. The average molecular weight is 267 g/mol. The van der Waals surface area contributed by atoms with Crippen LogP contribution < -0.4 is 19.7 Å². The quantitative estimate of drug-likeness (QED) is 0.824. The average Bonchev–Trinajstić information content (AvgIpc) is 2.47. The zero-order valence-corrected chi connectivity index (χ0v) is 11.7. The first-order valence-corrected chi connectivity index (χ1v) is 6.49. The van der Waals surface area contributed by atoms with Crippen molar-refractivity contribution < 1.29 is 9.47 Å². The molecule has 0 aliphatic carbocycles. The summed E-state index contributed by atoms with van der Waals surface area (Å²) in [7, 11) is 5.05. The lowest BCUT2D eigenvalue weighted by atomic mass is 9.98. The molecule has 7 heteroatoms. The van der Waals surface area contributed by atoms with E-state index in [9.17, 15) is 0 Å². The number of nitrogens with zero attached hydrogens (tertiary/aromatic N) is 4. The maximum atomic E-state index is 5.06. The van der Waals surface area contributed by atoms with Gasteiger partial charge in [0, 0.05) is 13.6 Å². The Morgan fingerprint density at radius 3 is 2.21 bits per heavy atom. The van der Waals surface area contributed by atoms with E-state index in [1.807, 2.05) is 11.9 Å². The summed E-state index contributed by atoms with van der Waals surface area (Å²) in [5, 5.41) is 3.36. The third-order valence-corrected chi connectivity index (χ3v) is 3.28. The summed E-state index contributed by atoms with van der Waals surface area (Å²) in [4.78, 5) is 14.5. The van der Waals surface area contributed by atoms with Crippen LogP contribution in [0.4, 0.5) is 5.95 Å². The third-order valence-electron chi connectivity index (χ3n) is 3.28. The van der Waals surface area contributed by atoms with Crippen LogP contribution in [-0.2, 0) is 0 Å². The Hall–Kier alpha value is -1.63. The highest BCUT2D eigenvalue weighted by molar-refractivity contribution is 5.30. The second kappa shape index (κ2) is 6.51. The fourth-order valence-corrected chi connectivity index (χ4v) is 2.21. The first-order valence-electron chi connectivity index (χ1n) is 6.49. The Bertz CT molecular complexity index is 387. The van der Waals surface area contributed by atoms with Crippen LogP contribution in [0.15, 0.2) is 0 Å². The summed E-state index contributed by atoms with van der Waals surface area (Å²) in [5.74, 6) is 1.25. The summed E-state index contributed by atoms with van der Waals surface area (Å²) in [6, 6.07) is 0.554. The van der Waals surface area contributed by atoms with E-state index in [2.05, 4.69) is 20.3 Å². The molecule has 0 bridgehead atoms. The van der Waals surface area contributed by atoms with Gasteiger partial charge >= 0.3 is 12.0 Å². The fourth-order valence-electron chi connectivity index (χ4n) is 2.21. The number of piperidine rings is 1. The first kappa shape index (κ1) is 13.8. The molecule has 1 aliphatic rings. The van der Waals surface area contributed by atoms with Gasteiger partial charge in [-0.05, 0) is 31.8 Å². The highest BCUT2D eigenvalue weighted by atomic mass is 16.5. The van der Waals surface area contributed by atoms with E-state index < -0.39 is 0 Å². The van der Waals surface area contributed by atoms with E-state index in [0.717, 1.165) is 19.6 Å². The lowest BCUT2D eigenvalue weighted by Crippen LogP contribution is -2.35. The molecule has 0 aromatic carbocycles. The molecule has 0 amide bonds. The minimum Gasteiger partial charge on any atom is -0.467 e. The van der Waals surface area contributed by atoms with Crippen molar-refractivity contribution in [2.24, 2.45) is 5.92 Å². The van der Waals surface area contributed by atoms with Crippen LogP contribution in [0.2, 0.25) is 0 Å². The predicted octanol–water partition coefficient (Wildman–Crippen LogP) is 0.325. The van der Waals surface area contributed by atoms with Crippen LogP contribution in [0.3, 0.4) is 0 Å². The van der Waals surface area contributed by atoms with Crippen LogP contribution in [0.5, 0.6) is 12.0 Å². The molecule has 0 unspecified atom stereocenters. The molecule has 2 heterocycles. The number of methoxy groups -OCH3 is 2. The number of hydrogen-bond acceptors (Lipinski definition) is 7. The van der Waals surface area contributed by atoms with Gasteiger partial charge in [-0.1, -0.05) is 0 Å². The van der Waals surface area contributed by atoms with Crippen molar-refractivity contribution in [3.63, 3.8) is 0 Å². The minimum absolute atomic E-state index is 0.277. The highest BCUT2D eigenvalue weighted by Gasteiger charge is 2.18. The van der Waals surface area contributed by atoms with Crippen molar-refractivity contribution in [3.8, 4) is 12.0 Å². The Kier molecular flexibility index (Phi) is 4.73. The molecule has 106 valence electrons. The second-order valence-electron chi connectivity index (χ2n) is 4.68. The number of aromatic nitrogens is 3. The summed E-state index contributed by atoms with van der Waals surface area (Å²) in [6.45, 7) is 3.10. The SMILES string of the molecule is COc1nc(OC)nc(N(C)CC2CCNCC2)n1. The van der Waals surface area contributed by atoms with Crippen LogP contribution >= 0.6 is 0 Å². The molecular formula is C12H21N5O2. The van der Waals surface area contributed by atoms with Crippen LogP contribution in [-0.4, -0.2) is 55.9 Å². The van der Waals surface area contributed by atoms with Gasteiger partial charge in [-0.15, -0.1) is 4.98 Å². The van der Waals surface area contributed by atoms with Crippen molar-refractivity contribution in [2.45, 2.75) is 12.8 Å². The Balaban J connectivity index is 2.06. The van der Waals surface area contributed by atoms with Gasteiger partial charge in [-0.25, -0.2) is 0 Å². The van der Waals surface area contributed by atoms with E-state index >= 15 is 0 Å². The zero-order chi connectivity index (χ0) is 13.7. The van der Waals surface area contributed by atoms with E-state index in [1.165, 1.54) is 27.1 Å². The first-order chi connectivity index (χ1) is 9.22. The molecule has 19 heavy (non-hydrogen) atoms. The summed E-state index contributed by atoms with van der Waals surface area (Å²) >= 11 is 0. The smallest absolute Gasteiger partial charge is 0.324 e. The molecule has 1 aromatic rings. The monoisotopic (exact) mass is 267 g/mol. The molecule has 1 saturated heterocycles. The Labute approximate surface area is 113 Å². The lowest BCUT2D eigenvalue weighted by molar-refractivity contribution is 0.338. The fraction of sp³-hybridized carbons (Fsp3) is 0.750. The number of anilines is 1. The summed E-state index contributed by atoms with van der Waals surface area (Å²) in [6.07, 6.45) is 2.37. The molecule has 0 saturated carbocycles. The van der Waals surface area contributed by atoms with E-state index in [1.54, 1.807) is 0 Å². The van der Waals surface area contributed by atoms with Gasteiger partial charge in [0.05, 0.1) is 14.2 Å². The lowest BCUT2D eigenvalue weighted by Gasteiger charge is -2.27. The molecule has 0 atom stereocenters. The van der Waals surface area contributed by atoms with Crippen molar-refractivity contribution in [2.75, 3.05) is 45.8 Å². The van der Waals surface area contributed by atoms with Crippen molar-refractivity contribution in [3.05, 3.63) is 0 Å². The topological polar surface area (TPSA) is 72.4 Å². The van der Waals surface area contributed by atoms with Crippen molar-refractivity contribution in [1.82, 2.24) is 20.3 Å². The normalized spacial score (nSPS) is 16.2. The number of ether oxygens (including phenoxy) is 2. The molecule has 1 aromatic heterocycles. The molecule has 7 nitrogen and oxygen atoms in total. The molecule has 1 N–H and O–H groups in total. The van der Waals surface area contributed by atoms with Crippen molar-refractivity contribution in [1.29, 1.82) is 0 Å².